The van der Waals surface area contributed by atoms with Crippen LogP contribution in [0.2, 0.25) is 0 Å². The fraction of sp³-hybridized carbons (Fsp3) is 0.483. The van der Waals surface area contributed by atoms with E-state index in [1.54, 1.807) is 11.7 Å². The minimum atomic E-state index is -0.656. The molecule has 0 aliphatic carbocycles. The molecule has 2 heterocycles. The molecule has 2 atom stereocenters. The van der Waals surface area contributed by atoms with E-state index in [2.05, 4.69) is 21.6 Å². The first-order chi connectivity index (χ1) is 19.0. The minimum absolute atomic E-state index is 0.267. The normalized spacial score (nSPS) is 16.9. The Hall–Kier alpha value is -3.49. The highest BCUT2D eigenvalue weighted by molar-refractivity contribution is 5.82. The lowest BCUT2D eigenvalue weighted by molar-refractivity contribution is -0.133. The Balaban J connectivity index is 1.41. The van der Waals surface area contributed by atoms with Crippen LogP contribution in [0, 0.1) is 11.3 Å². The first kappa shape index (κ1) is 28.5. The van der Waals surface area contributed by atoms with Crippen molar-refractivity contribution in [1.29, 1.82) is 5.26 Å². The summed E-state index contributed by atoms with van der Waals surface area (Å²) in [5.41, 5.74) is 4.17. The Kier molecular flexibility index (Phi) is 10.3. The first-order valence-corrected chi connectivity index (χ1v) is 13.4. The molecular weight excluding hydrogens is 498 g/mol. The number of benzene rings is 2. The van der Waals surface area contributed by atoms with Crippen LogP contribution in [0.5, 0.6) is 0 Å². The third-order valence-corrected chi connectivity index (χ3v) is 6.94. The van der Waals surface area contributed by atoms with Crippen LogP contribution in [-0.2, 0) is 27.2 Å². The fourth-order valence-corrected chi connectivity index (χ4v) is 4.58. The van der Waals surface area contributed by atoms with Crippen molar-refractivity contribution in [1.82, 2.24) is 20.1 Å². The molecule has 0 spiro atoms. The second-order valence-corrected chi connectivity index (χ2v) is 9.86. The third-order valence-electron chi connectivity index (χ3n) is 6.94. The summed E-state index contributed by atoms with van der Waals surface area (Å²) >= 11 is 0. The van der Waals surface area contributed by atoms with E-state index in [0.29, 0.717) is 44.9 Å². The Labute approximate surface area is 228 Å². The van der Waals surface area contributed by atoms with Crippen molar-refractivity contribution in [3.63, 3.8) is 0 Å². The maximum Gasteiger partial charge on any atom is 0.419 e. The molecule has 2 aromatic carbocycles. The van der Waals surface area contributed by atoms with Crippen molar-refractivity contribution in [2.45, 2.75) is 38.0 Å². The zero-order valence-electron chi connectivity index (χ0n) is 22.7. The summed E-state index contributed by atoms with van der Waals surface area (Å²) < 4.78 is 17.9. The number of likely N-dealkylation sites (N-methyl/N-ethyl adjacent to an activating group) is 1. The van der Waals surface area contributed by atoms with Crippen LogP contribution in [0.15, 0.2) is 51.7 Å². The topological polar surface area (TPSA) is 122 Å². The number of nitrogens with one attached hydrogen (secondary N) is 2. The van der Waals surface area contributed by atoms with Gasteiger partial charge in [0.2, 0.25) is 0 Å². The number of nitriles is 1. The molecule has 208 valence electrons. The molecule has 1 amide bonds. The summed E-state index contributed by atoms with van der Waals surface area (Å²) in [5.74, 6) is -0.639. The predicted molar refractivity (Wildman–Crippen MR) is 148 cm³/mol. The van der Waals surface area contributed by atoms with Crippen LogP contribution in [0.1, 0.15) is 18.4 Å². The minimum Gasteiger partial charge on any atom is -0.408 e. The smallest absolute Gasteiger partial charge is 0.408 e. The number of amides is 1. The lowest BCUT2D eigenvalue weighted by Crippen LogP contribution is -2.47. The molecule has 3 aromatic rings. The van der Waals surface area contributed by atoms with E-state index in [0.717, 1.165) is 48.1 Å². The van der Waals surface area contributed by atoms with Gasteiger partial charge in [-0.3, -0.25) is 9.36 Å². The second-order valence-electron chi connectivity index (χ2n) is 9.86. The van der Waals surface area contributed by atoms with Crippen molar-refractivity contribution in [2.24, 2.45) is 0 Å². The van der Waals surface area contributed by atoms with E-state index in [4.69, 9.17) is 13.9 Å². The molecule has 0 bridgehead atoms. The van der Waals surface area contributed by atoms with Crippen molar-refractivity contribution in [3.8, 4) is 17.2 Å². The molecule has 0 radical (unpaired) electrons. The number of hydrogen-bond acceptors (Lipinski definition) is 8. The summed E-state index contributed by atoms with van der Waals surface area (Å²) in [6, 6.07) is 15.1. The summed E-state index contributed by atoms with van der Waals surface area (Å²) in [6.45, 7) is 4.46. The average Bonchev–Trinajstić information content (AvgIpc) is 3.24. The summed E-state index contributed by atoms with van der Waals surface area (Å²) in [6.07, 6.45) is 1.72. The van der Waals surface area contributed by atoms with Crippen molar-refractivity contribution >= 4 is 17.0 Å². The average molecular weight is 536 g/mol. The number of carbonyl (C=O) groups is 1. The molecule has 1 saturated heterocycles. The van der Waals surface area contributed by atoms with Crippen LogP contribution in [0.4, 0.5) is 0 Å². The highest BCUT2D eigenvalue weighted by Crippen LogP contribution is 2.25. The SMILES string of the molecule is COCCN(C)CCn1c(=O)oc2ccc(-c3ccc(CC(C#N)NC(=O)C4CNCCCCO4)cc3)cc21. The second kappa shape index (κ2) is 14.1. The Morgan fingerprint density at radius 1 is 1.23 bits per heavy atom. The third kappa shape index (κ3) is 7.77. The van der Waals surface area contributed by atoms with Gasteiger partial charge in [-0.1, -0.05) is 30.3 Å². The number of carbonyl (C=O) groups excluding carboxylic acids is 1. The molecule has 4 rings (SSSR count). The standard InChI is InChI=1S/C29H37N5O5/c1-33(14-16-37-2)12-13-34-25-18-23(9-10-26(25)39-29(34)36)22-7-5-21(6-8-22)17-24(19-30)32-28(35)27-20-31-11-3-4-15-38-27/h5-10,18,24,27,31H,3-4,11-17,20H2,1-2H3,(H,32,35). The molecule has 1 aliphatic heterocycles. The maximum atomic E-state index is 12.7. The number of hydrogen-bond donors (Lipinski definition) is 2. The number of ether oxygens (including phenoxy) is 2. The summed E-state index contributed by atoms with van der Waals surface area (Å²) in [4.78, 5) is 27.3. The largest absolute Gasteiger partial charge is 0.419 e. The Morgan fingerprint density at radius 2 is 2.03 bits per heavy atom. The van der Waals surface area contributed by atoms with Crippen molar-refractivity contribution in [2.75, 3.05) is 53.6 Å². The fourth-order valence-electron chi connectivity index (χ4n) is 4.58. The number of methoxy groups -OCH3 is 1. The van der Waals surface area contributed by atoms with Gasteiger partial charge >= 0.3 is 5.76 Å². The molecule has 2 unspecified atom stereocenters. The molecule has 1 aromatic heterocycles. The summed E-state index contributed by atoms with van der Waals surface area (Å²) in [7, 11) is 3.66. The zero-order valence-corrected chi connectivity index (χ0v) is 22.7. The lowest BCUT2D eigenvalue weighted by atomic mass is 10.0. The quantitative estimate of drug-likeness (QED) is 0.383. The number of oxazole rings is 1. The predicted octanol–water partition coefficient (Wildman–Crippen LogP) is 2.16. The molecule has 1 aliphatic rings. The number of fused-ring (bicyclic) bond motifs is 1. The van der Waals surface area contributed by atoms with Gasteiger partial charge in [0.05, 0.1) is 18.2 Å². The van der Waals surface area contributed by atoms with Gasteiger partial charge < -0.3 is 29.4 Å². The number of rotatable bonds is 11. The highest BCUT2D eigenvalue weighted by atomic mass is 16.5. The Morgan fingerprint density at radius 3 is 2.79 bits per heavy atom. The first-order valence-electron chi connectivity index (χ1n) is 13.4. The van der Waals surface area contributed by atoms with Crippen molar-refractivity contribution < 1.29 is 18.7 Å². The van der Waals surface area contributed by atoms with Gasteiger partial charge in [0, 0.05) is 46.3 Å². The molecule has 39 heavy (non-hydrogen) atoms. The number of nitrogens with zero attached hydrogens (tertiary/aromatic N) is 3. The van der Waals surface area contributed by atoms with Crippen LogP contribution in [0.25, 0.3) is 22.2 Å². The van der Waals surface area contributed by atoms with E-state index in [1.165, 1.54) is 0 Å². The monoisotopic (exact) mass is 535 g/mol. The number of aromatic nitrogens is 1. The van der Waals surface area contributed by atoms with Crippen LogP contribution < -0.4 is 16.4 Å². The van der Waals surface area contributed by atoms with Gasteiger partial charge in [0.15, 0.2) is 5.58 Å². The van der Waals surface area contributed by atoms with Crippen molar-refractivity contribution in [3.05, 3.63) is 58.6 Å². The molecule has 0 saturated carbocycles. The molecule has 2 N–H and O–H groups in total. The summed E-state index contributed by atoms with van der Waals surface area (Å²) in [5, 5.41) is 15.7. The van der Waals surface area contributed by atoms with Crippen LogP contribution in [-0.4, -0.2) is 81.1 Å². The van der Waals surface area contributed by atoms with Gasteiger partial charge in [0.25, 0.3) is 5.91 Å². The molecule has 10 heteroatoms. The molecular formula is C29H37N5O5. The molecule has 1 fully saturated rings. The molecule has 10 nitrogen and oxygen atoms in total. The Bertz CT molecular complexity index is 1320. The highest BCUT2D eigenvalue weighted by Gasteiger charge is 2.23. The van der Waals surface area contributed by atoms with Crippen LogP contribution >= 0.6 is 0 Å². The van der Waals surface area contributed by atoms with E-state index in [9.17, 15) is 14.9 Å². The van der Waals surface area contributed by atoms with Gasteiger partial charge in [-0.2, -0.15) is 5.26 Å². The lowest BCUT2D eigenvalue weighted by Gasteiger charge is -2.22. The van der Waals surface area contributed by atoms with Crippen LogP contribution in [0.3, 0.4) is 0 Å². The van der Waals surface area contributed by atoms with Gasteiger partial charge in [-0.15, -0.1) is 0 Å². The van der Waals surface area contributed by atoms with E-state index in [-0.39, 0.29) is 11.7 Å². The van der Waals surface area contributed by atoms with E-state index >= 15 is 0 Å². The van der Waals surface area contributed by atoms with E-state index < -0.39 is 12.1 Å². The van der Waals surface area contributed by atoms with E-state index in [1.807, 2.05) is 49.5 Å². The van der Waals surface area contributed by atoms with Gasteiger partial charge in [-0.05, 0) is 55.3 Å². The maximum absolute atomic E-state index is 12.7. The zero-order chi connectivity index (χ0) is 27.6. The van der Waals surface area contributed by atoms with Gasteiger partial charge in [-0.25, -0.2) is 4.79 Å². The van der Waals surface area contributed by atoms with Gasteiger partial charge in [0.1, 0.15) is 12.1 Å².